The number of amides is 1. The molecule has 1 aromatic carbocycles. The third-order valence-corrected chi connectivity index (χ3v) is 5.69. The quantitative estimate of drug-likeness (QED) is 0.887. The van der Waals surface area contributed by atoms with E-state index in [0.29, 0.717) is 6.61 Å². The number of benzene rings is 1. The van der Waals surface area contributed by atoms with Gasteiger partial charge >= 0.3 is 10.2 Å². The van der Waals surface area contributed by atoms with Crippen molar-refractivity contribution in [2.75, 3.05) is 20.7 Å². The van der Waals surface area contributed by atoms with E-state index in [1.807, 2.05) is 16.3 Å². The molecule has 0 radical (unpaired) electrons. The minimum Gasteiger partial charge on any atom is -0.356 e. The molecule has 1 unspecified atom stereocenters. The number of carbonyl (C=O) groups excluding carboxylic acids is 1. The summed E-state index contributed by atoms with van der Waals surface area (Å²) in [6.07, 6.45) is 2.95. The number of hydrogen-bond acceptors (Lipinski definition) is 5. The monoisotopic (exact) mass is 366 g/mol. The van der Waals surface area contributed by atoms with Gasteiger partial charge in [0.1, 0.15) is 0 Å². The molecule has 1 amide bonds. The zero-order valence-electron chi connectivity index (χ0n) is 14.5. The van der Waals surface area contributed by atoms with E-state index < -0.39 is 16.1 Å². The molecule has 1 saturated heterocycles. The van der Waals surface area contributed by atoms with Crippen LogP contribution in [0.4, 0.5) is 0 Å². The van der Waals surface area contributed by atoms with Gasteiger partial charge in [-0.1, -0.05) is 0 Å². The van der Waals surface area contributed by atoms with Gasteiger partial charge in [-0.25, -0.2) is 9.40 Å². The highest BCUT2D eigenvalue weighted by atomic mass is 32.2. The third kappa shape index (κ3) is 3.53. The molecule has 1 aliphatic rings. The zero-order chi connectivity index (χ0) is 18.2. The lowest BCUT2D eigenvalue weighted by molar-refractivity contribution is -0.0368. The first-order valence-corrected chi connectivity index (χ1v) is 9.58. The molecule has 1 atom stereocenters. The summed E-state index contributed by atoms with van der Waals surface area (Å²) in [5.74, 6) is -0.670. The molecule has 0 spiro atoms. The number of fused-ring (bicyclic) bond motifs is 1. The van der Waals surface area contributed by atoms with Crippen LogP contribution in [0.1, 0.15) is 41.5 Å². The Bertz CT molecular complexity index is 898. The Hall–Kier alpha value is -1.97. The smallest absolute Gasteiger partial charge is 0.303 e. The van der Waals surface area contributed by atoms with Crippen LogP contribution in [0.2, 0.25) is 0 Å². The predicted octanol–water partition coefficient (Wildman–Crippen LogP) is 1.58. The average Bonchev–Trinajstić information content (AvgIpc) is 2.91. The number of ether oxygens (including phenoxy) is 1. The summed E-state index contributed by atoms with van der Waals surface area (Å²) in [6.45, 7) is 2.58. The molecule has 3 rings (SSSR count). The average molecular weight is 366 g/mol. The molecule has 1 N–H and O–H groups in total. The first kappa shape index (κ1) is 17.8. The van der Waals surface area contributed by atoms with Crippen molar-refractivity contribution >= 4 is 27.0 Å². The maximum atomic E-state index is 12.3. The molecule has 2 heterocycles. The van der Waals surface area contributed by atoms with E-state index in [9.17, 15) is 13.2 Å². The third-order valence-electron chi connectivity index (χ3n) is 4.28. The van der Waals surface area contributed by atoms with Crippen LogP contribution in [0.15, 0.2) is 18.2 Å². The SMILES string of the molecule is Cc1nn(C2CCCCO2)c2ccc(C(=O)NS(=O)(=O)N(C)C)cc12. The largest absolute Gasteiger partial charge is 0.356 e. The normalized spacial score (nSPS) is 18.6. The van der Waals surface area contributed by atoms with Gasteiger partial charge in [0, 0.05) is 31.7 Å². The van der Waals surface area contributed by atoms with Crippen molar-refractivity contribution in [2.24, 2.45) is 0 Å². The Kier molecular flexibility index (Phi) is 4.81. The number of aryl methyl sites for hydroxylation is 1. The van der Waals surface area contributed by atoms with Crippen molar-refractivity contribution in [3.05, 3.63) is 29.5 Å². The second-order valence-corrected chi connectivity index (χ2v) is 8.19. The summed E-state index contributed by atoms with van der Waals surface area (Å²) in [7, 11) is -1.11. The minimum atomic E-state index is -3.83. The number of nitrogens with zero attached hydrogens (tertiary/aromatic N) is 3. The van der Waals surface area contributed by atoms with E-state index in [1.165, 1.54) is 14.1 Å². The zero-order valence-corrected chi connectivity index (χ0v) is 15.3. The van der Waals surface area contributed by atoms with Crippen LogP contribution in [-0.4, -0.2) is 49.1 Å². The minimum absolute atomic E-state index is 0.0984. The first-order chi connectivity index (χ1) is 11.8. The van der Waals surface area contributed by atoms with Crippen molar-refractivity contribution in [1.29, 1.82) is 0 Å². The van der Waals surface area contributed by atoms with Gasteiger partial charge in [-0.3, -0.25) is 4.79 Å². The van der Waals surface area contributed by atoms with E-state index in [0.717, 1.165) is 40.2 Å². The number of carbonyl (C=O) groups is 1. The van der Waals surface area contributed by atoms with Gasteiger partial charge in [0.15, 0.2) is 6.23 Å². The van der Waals surface area contributed by atoms with Crippen LogP contribution < -0.4 is 4.72 Å². The fourth-order valence-electron chi connectivity index (χ4n) is 2.84. The van der Waals surface area contributed by atoms with E-state index >= 15 is 0 Å². The van der Waals surface area contributed by atoms with Crippen LogP contribution in [0.3, 0.4) is 0 Å². The molecule has 0 bridgehead atoms. The standard InChI is InChI=1S/C16H22N4O4S/c1-11-13-10-12(16(21)18-25(22,23)19(2)3)7-8-14(13)20(17-11)15-6-4-5-9-24-15/h7-8,10,15H,4-6,9H2,1-3H3,(H,18,21). The number of aromatic nitrogens is 2. The molecule has 0 aliphatic carbocycles. The van der Waals surface area contributed by atoms with Crippen LogP contribution in [-0.2, 0) is 14.9 Å². The molecule has 9 heteroatoms. The Labute approximate surface area is 146 Å². The van der Waals surface area contributed by atoms with Gasteiger partial charge < -0.3 is 4.74 Å². The lowest BCUT2D eigenvalue weighted by Crippen LogP contribution is -2.39. The number of hydrogen-bond donors (Lipinski definition) is 1. The van der Waals surface area contributed by atoms with Gasteiger partial charge in [0.05, 0.1) is 11.2 Å². The van der Waals surface area contributed by atoms with E-state index in [-0.39, 0.29) is 11.8 Å². The van der Waals surface area contributed by atoms with Crippen LogP contribution >= 0.6 is 0 Å². The Balaban J connectivity index is 1.93. The molecule has 1 aliphatic heterocycles. The Morgan fingerprint density at radius 3 is 2.76 bits per heavy atom. The maximum absolute atomic E-state index is 12.3. The molecule has 136 valence electrons. The highest BCUT2D eigenvalue weighted by molar-refractivity contribution is 7.87. The summed E-state index contributed by atoms with van der Waals surface area (Å²) in [5, 5.41) is 5.36. The van der Waals surface area contributed by atoms with Crippen LogP contribution in [0.5, 0.6) is 0 Å². The highest BCUT2D eigenvalue weighted by Gasteiger charge is 2.22. The summed E-state index contributed by atoms with van der Waals surface area (Å²) in [6, 6.07) is 5.05. The van der Waals surface area contributed by atoms with Gasteiger partial charge in [0.2, 0.25) is 0 Å². The fourth-order valence-corrected chi connectivity index (χ4v) is 3.37. The van der Waals surface area contributed by atoms with Gasteiger partial charge in [0.25, 0.3) is 5.91 Å². The Morgan fingerprint density at radius 2 is 2.12 bits per heavy atom. The number of rotatable bonds is 4. The highest BCUT2D eigenvalue weighted by Crippen LogP contribution is 2.28. The van der Waals surface area contributed by atoms with Crippen molar-refractivity contribution < 1.29 is 17.9 Å². The second-order valence-electron chi connectivity index (χ2n) is 6.30. The lowest BCUT2D eigenvalue weighted by atomic mass is 10.1. The summed E-state index contributed by atoms with van der Waals surface area (Å²) in [5.41, 5.74) is 1.91. The second kappa shape index (κ2) is 6.74. The van der Waals surface area contributed by atoms with Gasteiger partial charge in [-0.2, -0.15) is 17.8 Å². The summed E-state index contributed by atoms with van der Waals surface area (Å²) in [4.78, 5) is 12.3. The van der Waals surface area contributed by atoms with Crippen LogP contribution in [0, 0.1) is 6.92 Å². The molecule has 0 saturated carbocycles. The van der Waals surface area contributed by atoms with Crippen molar-refractivity contribution in [2.45, 2.75) is 32.4 Å². The molecule has 25 heavy (non-hydrogen) atoms. The Morgan fingerprint density at radius 1 is 1.36 bits per heavy atom. The van der Waals surface area contributed by atoms with Gasteiger partial charge in [-0.05, 0) is 44.4 Å². The molecule has 8 nitrogen and oxygen atoms in total. The lowest BCUT2D eigenvalue weighted by Gasteiger charge is -2.23. The van der Waals surface area contributed by atoms with Crippen molar-refractivity contribution in [1.82, 2.24) is 18.8 Å². The molecular formula is C16H22N4O4S. The van der Waals surface area contributed by atoms with Gasteiger partial charge in [-0.15, -0.1) is 0 Å². The van der Waals surface area contributed by atoms with Crippen LogP contribution in [0.25, 0.3) is 10.9 Å². The number of nitrogens with one attached hydrogen (secondary N) is 1. The summed E-state index contributed by atoms with van der Waals surface area (Å²) >= 11 is 0. The molecule has 1 aromatic heterocycles. The van der Waals surface area contributed by atoms with E-state index in [4.69, 9.17) is 4.74 Å². The topological polar surface area (TPSA) is 93.5 Å². The summed E-state index contributed by atoms with van der Waals surface area (Å²) < 4.78 is 34.3. The van der Waals surface area contributed by atoms with E-state index in [1.54, 1.807) is 18.2 Å². The first-order valence-electron chi connectivity index (χ1n) is 8.14. The van der Waals surface area contributed by atoms with Crippen molar-refractivity contribution in [3.63, 3.8) is 0 Å². The molecular weight excluding hydrogens is 344 g/mol. The molecule has 1 fully saturated rings. The maximum Gasteiger partial charge on any atom is 0.303 e. The predicted molar refractivity (Wildman–Crippen MR) is 93.4 cm³/mol. The fraction of sp³-hybridized carbons (Fsp3) is 0.500. The molecule has 2 aromatic rings. The van der Waals surface area contributed by atoms with E-state index in [2.05, 4.69) is 5.10 Å². The van der Waals surface area contributed by atoms with Crippen molar-refractivity contribution in [3.8, 4) is 0 Å².